The third-order valence-corrected chi connectivity index (χ3v) is 2.42. The van der Waals surface area contributed by atoms with Gasteiger partial charge in [-0.15, -0.1) is 0 Å². The Balaban J connectivity index is 2.52. The predicted molar refractivity (Wildman–Crippen MR) is 63.8 cm³/mol. The summed E-state index contributed by atoms with van der Waals surface area (Å²) in [7, 11) is 0. The van der Waals surface area contributed by atoms with Crippen LogP contribution < -0.4 is 5.32 Å². The molecular weight excluding hydrogens is 240 g/mol. The van der Waals surface area contributed by atoms with E-state index >= 15 is 0 Å². The minimum atomic E-state index is -1.00. The Hall–Kier alpha value is -1.49. The lowest BCUT2D eigenvalue weighted by atomic mass is 10.0. The van der Waals surface area contributed by atoms with Crippen LogP contribution in [0.2, 0.25) is 0 Å². The fourth-order valence-electron chi connectivity index (χ4n) is 1.55. The van der Waals surface area contributed by atoms with Gasteiger partial charge in [0.15, 0.2) is 11.6 Å². The summed E-state index contributed by atoms with van der Waals surface area (Å²) < 4.78 is 25.6. The Morgan fingerprint density at radius 1 is 1.33 bits per heavy atom. The van der Waals surface area contributed by atoms with Crippen molar-refractivity contribution in [2.45, 2.75) is 38.8 Å². The first kappa shape index (κ1) is 14.6. The first-order chi connectivity index (χ1) is 8.40. The van der Waals surface area contributed by atoms with Crippen LogP contribution in [0, 0.1) is 11.6 Å². The number of carbonyl (C=O) groups excluding carboxylic acids is 1. The molecule has 1 atom stereocenters. The van der Waals surface area contributed by atoms with Gasteiger partial charge in [-0.05, 0) is 38.0 Å². The summed E-state index contributed by atoms with van der Waals surface area (Å²) in [5.74, 6) is -2.13. The second-order valence-electron chi connectivity index (χ2n) is 4.45. The first-order valence-corrected chi connectivity index (χ1v) is 5.82. The van der Waals surface area contributed by atoms with E-state index in [9.17, 15) is 18.7 Å². The zero-order valence-corrected chi connectivity index (χ0v) is 10.4. The molecule has 1 rings (SSSR count). The summed E-state index contributed by atoms with van der Waals surface area (Å²) in [5.41, 5.74) is 0.270. The highest BCUT2D eigenvalue weighted by Gasteiger charge is 2.13. The van der Waals surface area contributed by atoms with Crippen molar-refractivity contribution in [3.05, 3.63) is 35.4 Å². The van der Waals surface area contributed by atoms with E-state index in [0.717, 1.165) is 12.1 Å². The fourth-order valence-corrected chi connectivity index (χ4v) is 1.55. The summed E-state index contributed by atoms with van der Waals surface area (Å²) >= 11 is 0. The number of aliphatic hydroxyl groups is 1. The number of hydrogen-bond acceptors (Lipinski definition) is 2. The molecule has 3 nitrogen and oxygen atoms in total. The second-order valence-corrected chi connectivity index (χ2v) is 4.45. The van der Waals surface area contributed by atoms with Crippen molar-refractivity contribution < 1.29 is 18.7 Å². The van der Waals surface area contributed by atoms with Crippen molar-refractivity contribution in [2.75, 3.05) is 0 Å². The van der Waals surface area contributed by atoms with Crippen molar-refractivity contribution >= 4 is 5.91 Å². The van der Waals surface area contributed by atoms with Gasteiger partial charge in [-0.1, -0.05) is 6.07 Å². The Labute approximate surface area is 105 Å². The number of rotatable bonds is 5. The molecule has 1 aromatic rings. The monoisotopic (exact) mass is 257 g/mol. The molecule has 1 amide bonds. The van der Waals surface area contributed by atoms with E-state index in [4.69, 9.17) is 0 Å². The van der Waals surface area contributed by atoms with Crippen molar-refractivity contribution in [2.24, 2.45) is 0 Å². The molecule has 0 fully saturated rings. The Bertz CT molecular complexity index is 421. The van der Waals surface area contributed by atoms with Gasteiger partial charge in [0.25, 0.3) is 0 Å². The molecule has 2 N–H and O–H groups in total. The van der Waals surface area contributed by atoms with Crippen LogP contribution in [0.4, 0.5) is 8.78 Å². The molecule has 0 spiro atoms. The highest BCUT2D eigenvalue weighted by Crippen LogP contribution is 2.20. The van der Waals surface area contributed by atoms with E-state index in [0.29, 0.717) is 0 Å². The van der Waals surface area contributed by atoms with Gasteiger partial charge in [-0.2, -0.15) is 0 Å². The maximum atomic E-state index is 12.9. The summed E-state index contributed by atoms with van der Waals surface area (Å²) in [4.78, 5) is 11.4. The average molecular weight is 257 g/mol. The minimum absolute atomic E-state index is 0.0397. The van der Waals surface area contributed by atoms with Gasteiger partial charge in [0, 0.05) is 12.5 Å². The quantitative estimate of drug-likeness (QED) is 0.850. The molecule has 0 radical (unpaired) electrons. The molecule has 0 aliphatic carbocycles. The summed E-state index contributed by atoms with van der Waals surface area (Å²) in [6, 6.07) is 3.25. The van der Waals surface area contributed by atoms with Crippen molar-refractivity contribution in [1.82, 2.24) is 5.32 Å². The molecule has 0 bridgehead atoms. The van der Waals surface area contributed by atoms with Gasteiger partial charge < -0.3 is 10.4 Å². The summed E-state index contributed by atoms with van der Waals surface area (Å²) in [5, 5.41) is 12.4. The van der Waals surface area contributed by atoms with Gasteiger partial charge in [0.2, 0.25) is 5.91 Å². The van der Waals surface area contributed by atoms with Crippen LogP contribution in [0.5, 0.6) is 0 Å². The normalized spacial score (nSPS) is 12.6. The molecule has 0 aromatic heterocycles. The number of aliphatic hydroxyl groups excluding tert-OH is 1. The number of nitrogens with one attached hydrogen (secondary N) is 1. The van der Waals surface area contributed by atoms with Crippen LogP contribution in [-0.4, -0.2) is 17.1 Å². The van der Waals surface area contributed by atoms with Gasteiger partial charge in [-0.25, -0.2) is 8.78 Å². The van der Waals surface area contributed by atoms with E-state index in [1.807, 2.05) is 13.8 Å². The SMILES string of the molecule is CC(C)NC(=O)CCC(O)c1ccc(F)c(F)c1. The standard InChI is InChI=1S/C13H17F2NO2/c1-8(2)16-13(18)6-5-12(17)9-3-4-10(14)11(15)7-9/h3-4,7-8,12,17H,5-6H2,1-2H3,(H,16,18). The Morgan fingerprint density at radius 2 is 2.00 bits per heavy atom. The molecular formula is C13H17F2NO2. The highest BCUT2D eigenvalue weighted by atomic mass is 19.2. The van der Waals surface area contributed by atoms with Crippen molar-refractivity contribution in [3.8, 4) is 0 Å². The van der Waals surface area contributed by atoms with Crippen LogP contribution in [0.1, 0.15) is 38.4 Å². The molecule has 1 unspecified atom stereocenters. The van der Waals surface area contributed by atoms with Gasteiger partial charge in [-0.3, -0.25) is 4.79 Å². The van der Waals surface area contributed by atoms with Gasteiger partial charge >= 0.3 is 0 Å². The Kier molecular flexibility index (Phi) is 5.22. The smallest absolute Gasteiger partial charge is 0.220 e. The van der Waals surface area contributed by atoms with Gasteiger partial charge in [0.05, 0.1) is 6.10 Å². The molecule has 1 aromatic carbocycles. The number of amides is 1. The molecule has 0 saturated heterocycles. The second kappa shape index (κ2) is 6.44. The van der Waals surface area contributed by atoms with Crippen molar-refractivity contribution in [1.29, 1.82) is 0 Å². The number of hydrogen-bond donors (Lipinski definition) is 2. The third kappa shape index (κ3) is 4.41. The van der Waals surface area contributed by atoms with Crippen LogP contribution in [0.3, 0.4) is 0 Å². The van der Waals surface area contributed by atoms with E-state index in [2.05, 4.69) is 5.32 Å². The van der Waals surface area contributed by atoms with Gasteiger partial charge in [0.1, 0.15) is 0 Å². The first-order valence-electron chi connectivity index (χ1n) is 5.82. The number of carbonyl (C=O) groups is 1. The molecule has 0 aliphatic heterocycles. The maximum Gasteiger partial charge on any atom is 0.220 e. The third-order valence-electron chi connectivity index (χ3n) is 2.42. The van der Waals surface area contributed by atoms with E-state index < -0.39 is 17.7 Å². The maximum absolute atomic E-state index is 12.9. The van der Waals surface area contributed by atoms with E-state index in [-0.39, 0.29) is 30.4 Å². The van der Waals surface area contributed by atoms with Crippen molar-refractivity contribution in [3.63, 3.8) is 0 Å². The van der Waals surface area contributed by atoms with E-state index in [1.54, 1.807) is 0 Å². The average Bonchev–Trinajstić information content (AvgIpc) is 2.28. The largest absolute Gasteiger partial charge is 0.388 e. The van der Waals surface area contributed by atoms with Crippen LogP contribution in [0.25, 0.3) is 0 Å². The lowest BCUT2D eigenvalue weighted by Crippen LogP contribution is -2.30. The lowest BCUT2D eigenvalue weighted by molar-refractivity contribution is -0.122. The summed E-state index contributed by atoms with van der Waals surface area (Å²) in [6.45, 7) is 3.67. The summed E-state index contributed by atoms with van der Waals surface area (Å²) in [6.07, 6.45) is -0.667. The molecule has 0 heterocycles. The topological polar surface area (TPSA) is 49.3 Å². The van der Waals surface area contributed by atoms with E-state index in [1.165, 1.54) is 6.07 Å². The molecule has 100 valence electrons. The number of benzene rings is 1. The van der Waals surface area contributed by atoms with Crippen LogP contribution in [-0.2, 0) is 4.79 Å². The Morgan fingerprint density at radius 3 is 2.56 bits per heavy atom. The van der Waals surface area contributed by atoms with Crippen LogP contribution >= 0.6 is 0 Å². The minimum Gasteiger partial charge on any atom is -0.388 e. The fraction of sp³-hybridized carbons (Fsp3) is 0.462. The molecule has 18 heavy (non-hydrogen) atoms. The molecule has 5 heteroatoms. The highest BCUT2D eigenvalue weighted by molar-refractivity contribution is 5.76. The van der Waals surface area contributed by atoms with Crippen LogP contribution in [0.15, 0.2) is 18.2 Å². The zero-order valence-electron chi connectivity index (χ0n) is 10.4. The molecule has 0 saturated carbocycles. The zero-order chi connectivity index (χ0) is 13.7. The predicted octanol–water partition coefficient (Wildman–Crippen LogP) is 2.30. The molecule has 0 aliphatic rings. The lowest BCUT2D eigenvalue weighted by Gasteiger charge is -2.12. The number of halogens is 2.